The average molecular weight is 247 g/mol. The first kappa shape index (κ1) is 12.5. The minimum atomic E-state index is -1.06. The van der Waals surface area contributed by atoms with Crippen molar-refractivity contribution >= 4 is 16.9 Å². The Kier molecular flexibility index (Phi) is 3.86. The molecule has 2 N–H and O–H groups in total. The highest BCUT2D eigenvalue weighted by atomic mass is 16.5. The fourth-order valence-corrected chi connectivity index (χ4v) is 1.48. The third-order valence-corrected chi connectivity index (χ3v) is 2.43. The van der Waals surface area contributed by atoms with E-state index >= 15 is 0 Å². The van der Waals surface area contributed by atoms with Crippen molar-refractivity contribution in [3.63, 3.8) is 0 Å². The van der Waals surface area contributed by atoms with Gasteiger partial charge in [0.25, 0.3) is 0 Å². The highest BCUT2D eigenvalue weighted by Crippen LogP contribution is 2.12. The number of pyridine rings is 1. The standard InChI is InChI=1S/C13H13NO4/c15-7-10(16)8-18-13(17)12-6-5-9-3-1-2-4-11(9)14-12/h1-6,10,15-16H,7-8H2. The van der Waals surface area contributed by atoms with Crippen LogP contribution in [0.4, 0.5) is 0 Å². The normalized spacial score (nSPS) is 12.3. The van der Waals surface area contributed by atoms with Crippen molar-refractivity contribution in [3.8, 4) is 0 Å². The molecule has 0 bridgehead atoms. The van der Waals surface area contributed by atoms with E-state index < -0.39 is 18.7 Å². The molecule has 0 aliphatic carbocycles. The van der Waals surface area contributed by atoms with Gasteiger partial charge in [0, 0.05) is 5.39 Å². The van der Waals surface area contributed by atoms with E-state index in [-0.39, 0.29) is 12.3 Å². The van der Waals surface area contributed by atoms with E-state index in [0.717, 1.165) is 5.39 Å². The van der Waals surface area contributed by atoms with Crippen LogP contribution in [0.15, 0.2) is 36.4 Å². The second-order valence-electron chi connectivity index (χ2n) is 3.82. The molecule has 1 aromatic carbocycles. The fraction of sp³-hybridized carbons (Fsp3) is 0.231. The molecule has 0 saturated carbocycles. The summed E-state index contributed by atoms with van der Waals surface area (Å²) in [7, 11) is 0. The number of ether oxygens (including phenoxy) is 1. The minimum absolute atomic E-state index is 0.179. The summed E-state index contributed by atoms with van der Waals surface area (Å²) in [5.41, 5.74) is 0.883. The van der Waals surface area contributed by atoms with Crippen molar-refractivity contribution in [2.45, 2.75) is 6.10 Å². The molecule has 1 heterocycles. The monoisotopic (exact) mass is 247 g/mol. The zero-order valence-electron chi connectivity index (χ0n) is 9.61. The number of nitrogens with zero attached hydrogens (tertiary/aromatic N) is 1. The van der Waals surface area contributed by atoms with Crippen LogP contribution in [0.5, 0.6) is 0 Å². The second kappa shape index (κ2) is 5.57. The fourth-order valence-electron chi connectivity index (χ4n) is 1.48. The van der Waals surface area contributed by atoms with Crippen molar-refractivity contribution < 1.29 is 19.7 Å². The summed E-state index contributed by atoms with van der Waals surface area (Å²) >= 11 is 0. The Hall–Kier alpha value is -1.98. The lowest BCUT2D eigenvalue weighted by atomic mass is 10.2. The van der Waals surface area contributed by atoms with Gasteiger partial charge in [0.1, 0.15) is 18.4 Å². The number of rotatable bonds is 4. The molecule has 0 spiro atoms. The number of benzene rings is 1. The van der Waals surface area contributed by atoms with Gasteiger partial charge in [-0.15, -0.1) is 0 Å². The van der Waals surface area contributed by atoms with Crippen LogP contribution in [0.3, 0.4) is 0 Å². The summed E-state index contributed by atoms with van der Waals surface area (Å²) in [6, 6.07) is 10.8. The van der Waals surface area contributed by atoms with Gasteiger partial charge in [0.2, 0.25) is 0 Å². The number of carbonyl (C=O) groups is 1. The molecule has 1 aromatic heterocycles. The Morgan fingerprint density at radius 3 is 2.83 bits per heavy atom. The summed E-state index contributed by atoms with van der Waals surface area (Å²) in [6.45, 7) is -0.692. The molecule has 2 aromatic rings. The summed E-state index contributed by atoms with van der Waals surface area (Å²) in [5, 5.41) is 18.6. The highest BCUT2D eigenvalue weighted by Gasteiger charge is 2.12. The summed E-state index contributed by atoms with van der Waals surface area (Å²) in [5.74, 6) is -0.617. The largest absolute Gasteiger partial charge is 0.458 e. The van der Waals surface area contributed by atoms with Crippen LogP contribution in [0.25, 0.3) is 10.9 Å². The van der Waals surface area contributed by atoms with Gasteiger partial charge in [0.15, 0.2) is 0 Å². The zero-order chi connectivity index (χ0) is 13.0. The molecule has 0 aliphatic heterocycles. The van der Waals surface area contributed by atoms with Crippen molar-refractivity contribution in [3.05, 3.63) is 42.1 Å². The maximum absolute atomic E-state index is 11.6. The molecule has 0 fully saturated rings. The van der Waals surface area contributed by atoms with E-state index in [4.69, 9.17) is 14.9 Å². The van der Waals surface area contributed by atoms with Crippen LogP contribution in [-0.4, -0.2) is 40.5 Å². The third-order valence-electron chi connectivity index (χ3n) is 2.43. The smallest absolute Gasteiger partial charge is 0.357 e. The Balaban J connectivity index is 2.13. The maximum Gasteiger partial charge on any atom is 0.357 e. The molecule has 5 heteroatoms. The van der Waals surface area contributed by atoms with Crippen molar-refractivity contribution in [2.24, 2.45) is 0 Å². The number of hydrogen-bond acceptors (Lipinski definition) is 5. The number of aromatic nitrogens is 1. The minimum Gasteiger partial charge on any atom is -0.458 e. The molecule has 18 heavy (non-hydrogen) atoms. The number of hydrogen-bond donors (Lipinski definition) is 2. The van der Waals surface area contributed by atoms with E-state index in [1.165, 1.54) is 0 Å². The number of fused-ring (bicyclic) bond motifs is 1. The number of aliphatic hydroxyl groups is 2. The quantitative estimate of drug-likeness (QED) is 0.779. The van der Waals surface area contributed by atoms with Crippen molar-refractivity contribution in [2.75, 3.05) is 13.2 Å². The van der Waals surface area contributed by atoms with Crippen molar-refractivity contribution in [1.29, 1.82) is 0 Å². The SMILES string of the molecule is O=C(OCC(O)CO)c1ccc2ccccc2n1. The average Bonchev–Trinajstić information content (AvgIpc) is 2.43. The van der Waals surface area contributed by atoms with Gasteiger partial charge >= 0.3 is 5.97 Å². The van der Waals surface area contributed by atoms with Gasteiger partial charge < -0.3 is 14.9 Å². The maximum atomic E-state index is 11.6. The molecule has 5 nitrogen and oxygen atoms in total. The number of para-hydroxylation sites is 1. The molecule has 1 atom stereocenters. The second-order valence-corrected chi connectivity index (χ2v) is 3.82. The van der Waals surface area contributed by atoms with Gasteiger partial charge in [0.05, 0.1) is 12.1 Å². The van der Waals surface area contributed by atoms with Crippen LogP contribution < -0.4 is 0 Å². The lowest BCUT2D eigenvalue weighted by Gasteiger charge is -2.08. The molecule has 0 radical (unpaired) electrons. The van der Waals surface area contributed by atoms with E-state index in [1.807, 2.05) is 18.2 Å². The summed E-state index contributed by atoms with van der Waals surface area (Å²) in [4.78, 5) is 15.8. The van der Waals surface area contributed by atoms with Gasteiger partial charge in [-0.3, -0.25) is 0 Å². The number of esters is 1. The van der Waals surface area contributed by atoms with Crippen LogP contribution >= 0.6 is 0 Å². The Morgan fingerprint density at radius 1 is 1.28 bits per heavy atom. The van der Waals surface area contributed by atoms with Gasteiger partial charge in [-0.25, -0.2) is 9.78 Å². The predicted molar refractivity (Wildman–Crippen MR) is 65.1 cm³/mol. The van der Waals surface area contributed by atoms with Gasteiger partial charge in [-0.05, 0) is 12.1 Å². The molecule has 0 aliphatic rings. The molecule has 0 saturated heterocycles. The highest BCUT2D eigenvalue weighted by molar-refractivity contribution is 5.90. The molecular formula is C13H13NO4. The van der Waals surface area contributed by atoms with Crippen molar-refractivity contribution in [1.82, 2.24) is 4.98 Å². The molecular weight excluding hydrogens is 234 g/mol. The summed E-state index contributed by atoms with van der Waals surface area (Å²) < 4.78 is 4.82. The summed E-state index contributed by atoms with van der Waals surface area (Å²) in [6.07, 6.45) is -1.06. The zero-order valence-corrected chi connectivity index (χ0v) is 9.61. The number of aliphatic hydroxyl groups excluding tert-OH is 2. The van der Waals surface area contributed by atoms with Gasteiger partial charge in [-0.1, -0.05) is 24.3 Å². The Bertz CT molecular complexity index is 555. The number of carbonyl (C=O) groups excluding carboxylic acids is 1. The Morgan fingerprint density at radius 2 is 2.06 bits per heavy atom. The van der Waals surface area contributed by atoms with E-state index in [2.05, 4.69) is 4.98 Å². The molecule has 1 unspecified atom stereocenters. The van der Waals surface area contributed by atoms with Crippen LogP contribution in [-0.2, 0) is 4.74 Å². The Labute approximate surface area is 104 Å². The lowest BCUT2D eigenvalue weighted by Crippen LogP contribution is -2.22. The van der Waals surface area contributed by atoms with E-state index in [9.17, 15) is 4.79 Å². The first-order valence-electron chi connectivity index (χ1n) is 5.52. The van der Waals surface area contributed by atoms with Gasteiger partial charge in [-0.2, -0.15) is 0 Å². The van der Waals surface area contributed by atoms with Crippen LogP contribution in [0, 0.1) is 0 Å². The lowest BCUT2D eigenvalue weighted by molar-refractivity contribution is 0.00892. The molecule has 94 valence electrons. The topological polar surface area (TPSA) is 79.7 Å². The first-order valence-corrected chi connectivity index (χ1v) is 5.52. The molecule has 2 rings (SSSR count). The van der Waals surface area contributed by atoms with Crippen LogP contribution in [0.1, 0.15) is 10.5 Å². The van der Waals surface area contributed by atoms with Crippen LogP contribution in [0.2, 0.25) is 0 Å². The van der Waals surface area contributed by atoms with E-state index in [1.54, 1.807) is 18.2 Å². The molecule has 0 amide bonds. The first-order chi connectivity index (χ1) is 8.70. The van der Waals surface area contributed by atoms with E-state index in [0.29, 0.717) is 5.52 Å². The predicted octanol–water partition coefficient (Wildman–Crippen LogP) is 0.745. The third kappa shape index (κ3) is 2.82.